The largest absolute Gasteiger partial charge is 0.433 e. The first-order valence-corrected chi connectivity index (χ1v) is 5.59. The molecule has 0 atom stereocenters. The van der Waals surface area contributed by atoms with E-state index < -0.39 is 11.9 Å². The average molecular weight is 246 g/mol. The molecular weight excluding hydrogens is 237 g/mol. The Morgan fingerprint density at radius 1 is 1.44 bits per heavy atom. The van der Waals surface area contributed by atoms with Crippen LogP contribution in [0.15, 0.2) is 17.5 Å². The average Bonchev–Trinajstić information content (AvgIpc) is 2.64. The number of halogens is 3. The van der Waals surface area contributed by atoms with E-state index in [4.69, 9.17) is 0 Å². The van der Waals surface area contributed by atoms with Crippen LogP contribution in [0.4, 0.5) is 18.9 Å². The Balaban J connectivity index is 2.61. The van der Waals surface area contributed by atoms with Gasteiger partial charge in [-0.05, 0) is 24.4 Å². The van der Waals surface area contributed by atoms with E-state index in [0.717, 1.165) is 10.8 Å². The van der Waals surface area contributed by atoms with Crippen molar-refractivity contribution in [1.29, 1.82) is 0 Å². The van der Waals surface area contributed by atoms with Crippen LogP contribution in [0.3, 0.4) is 0 Å². The highest BCUT2D eigenvalue weighted by molar-refractivity contribution is 7.17. The number of pyridine rings is 1. The molecule has 6 heteroatoms. The molecule has 2 rings (SSSR count). The predicted molar refractivity (Wildman–Crippen MR) is 58.8 cm³/mol. The molecule has 2 heterocycles. The van der Waals surface area contributed by atoms with Gasteiger partial charge in [-0.15, -0.1) is 11.3 Å². The lowest BCUT2D eigenvalue weighted by Gasteiger charge is -2.10. The van der Waals surface area contributed by atoms with Crippen LogP contribution in [0.5, 0.6) is 0 Å². The van der Waals surface area contributed by atoms with Gasteiger partial charge >= 0.3 is 6.18 Å². The number of hydrogen-bond donors (Lipinski definition) is 1. The SMILES string of the molecule is CCNc1cc(C(F)(F)F)nc2ccsc12. The number of hydrogen-bond acceptors (Lipinski definition) is 3. The van der Waals surface area contributed by atoms with Gasteiger partial charge in [0.1, 0.15) is 5.69 Å². The summed E-state index contributed by atoms with van der Waals surface area (Å²) >= 11 is 1.38. The normalized spacial score (nSPS) is 12.0. The Bertz CT molecular complexity index is 504. The highest BCUT2D eigenvalue weighted by Gasteiger charge is 2.33. The maximum absolute atomic E-state index is 12.6. The molecule has 0 saturated carbocycles. The van der Waals surface area contributed by atoms with Gasteiger partial charge in [0.2, 0.25) is 0 Å². The molecule has 0 aromatic carbocycles. The fourth-order valence-corrected chi connectivity index (χ4v) is 2.25. The van der Waals surface area contributed by atoms with Crippen LogP contribution in [0.1, 0.15) is 12.6 Å². The fourth-order valence-electron chi connectivity index (χ4n) is 1.42. The third-order valence-corrected chi connectivity index (χ3v) is 3.01. The third-order valence-electron chi connectivity index (χ3n) is 2.07. The molecule has 0 saturated heterocycles. The van der Waals surface area contributed by atoms with Gasteiger partial charge in [0.05, 0.1) is 15.9 Å². The number of nitrogens with zero attached hydrogens (tertiary/aromatic N) is 1. The molecule has 0 spiro atoms. The van der Waals surface area contributed by atoms with E-state index in [-0.39, 0.29) is 0 Å². The maximum Gasteiger partial charge on any atom is 0.433 e. The number of aromatic nitrogens is 1. The second-order valence-corrected chi connectivity index (χ2v) is 4.13. The fraction of sp³-hybridized carbons (Fsp3) is 0.300. The summed E-state index contributed by atoms with van der Waals surface area (Å²) in [6, 6.07) is 2.65. The number of rotatable bonds is 2. The smallest absolute Gasteiger partial charge is 0.384 e. The number of thiophene rings is 1. The molecule has 2 aromatic rings. The predicted octanol–water partition coefficient (Wildman–Crippen LogP) is 3.75. The molecule has 2 aromatic heterocycles. The second-order valence-electron chi connectivity index (χ2n) is 3.22. The summed E-state index contributed by atoms with van der Waals surface area (Å²) in [7, 11) is 0. The Hall–Kier alpha value is -1.30. The van der Waals surface area contributed by atoms with E-state index in [2.05, 4.69) is 10.3 Å². The lowest BCUT2D eigenvalue weighted by Crippen LogP contribution is -2.09. The Morgan fingerprint density at radius 2 is 2.19 bits per heavy atom. The minimum Gasteiger partial charge on any atom is -0.384 e. The first kappa shape index (κ1) is 11.2. The molecule has 1 N–H and O–H groups in total. The van der Waals surface area contributed by atoms with Gasteiger partial charge in [-0.3, -0.25) is 0 Å². The van der Waals surface area contributed by atoms with Gasteiger partial charge in [-0.1, -0.05) is 0 Å². The van der Waals surface area contributed by atoms with E-state index in [1.807, 2.05) is 6.92 Å². The molecule has 16 heavy (non-hydrogen) atoms. The molecule has 2 nitrogen and oxygen atoms in total. The molecule has 0 unspecified atom stereocenters. The van der Waals surface area contributed by atoms with Gasteiger partial charge in [-0.2, -0.15) is 13.2 Å². The van der Waals surface area contributed by atoms with E-state index >= 15 is 0 Å². The molecule has 0 aliphatic heterocycles. The molecule has 86 valence electrons. The molecule has 0 aliphatic rings. The molecule has 0 amide bonds. The summed E-state index contributed by atoms with van der Waals surface area (Å²) in [6.07, 6.45) is -4.40. The number of alkyl halides is 3. The van der Waals surface area contributed by atoms with Crippen molar-refractivity contribution in [3.63, 3.8) is 0 Å². The Morgan fingerprint density at radius 3 is 2.81 bits per heavy atom. The van der Waals surface area contributed by atoms with E-state index in [1.54, 1.807) is 11.4 Å². The van der Waals surface area contributed by atoms with Crippen molar-refractivity contribution in [3.8, 4) is 0 Å². The molecular formula is C10H9F3N2S. The highest BCUT2D eigenvalue weighted by atomic mass is 32.1. The van der Waals surface area contributed by atoms with Crippen LogP contribution >= 0.6 is 11.3 Å². The zero-order chi connectivity index (χ0) is 11.8. The zero-order valence-corrected chi connectivity index (χ0v) is 9.25. The summed E-state index contributed by atoms with van der Waals surface area (Å²) in [6.45, 7) is 2.42. The number of nitrogens with one attached hydrogen (secondary N) is 1. The summed E-state index contributed by atoms with van der Waals surface area (Å²) in [4.78, 5) is 3.59. The summed E-state index contributed by atoms with van der Waals surface area (Å²) in [5.74, 6) is 0. The standard InChI is InChI=1S/C10H9F3N2S/c1-2-14-7-5-8(10(11,12)13)15-6-3-4-16-9(6)7/h3-5H,2H2,1H3,(H,14,15). The van der Waals surface area contributed by atoms with E-state index in [9.17, 15) is 13.2 Å². The number of fused-ring (bicyclic) bond motifs is 1. The van der Waals surface area contributed by atoms with E-state index in [1.165, 1.54) is 11.3 Å². The van der Waals surface area contributed by atoms with E-state index in [0.29, 0.717) is 17.7 Å². The topological polar surface area (TPSA) is 24.9 Å². The van der Waals surface area contributed by atoms with Crippen molar-refractivity contribution < 1.29 is 13.2 Å². The summed E-state index contributed by atoms with van der Waals surface area (Å²) < 4.78 is 38.4. The van der Waals surface area contributed by atoms with Gasteiger partial charge < -0.3 is 5.32 Å². The zero-order valence-electron chi connectivity index (χ0n) is 8.43. The molecule has 0 aliphatic carbocycles. The lowest BCUT2D eigenvalue weighted by atomic mass is 10.2. The van der Waals surface area contributed by atoms with Gasteiger partial charge in [0.25, 0.3) is 0 Å². The van der Waals surface area contributed by atoms with Crippen molar-refractivity contribution in [1.82, 2.24) is 4.98 Å². The first-order chi connectivity index (χ1) is 7.52. The van der Waals surface area contributed by atoms with Crippen LogP contribution in [0.25, 0.3) is 10.2 Å². The van der Waals surface area contributed by atoms with Crippen LogP contribution in [0, 0.1) is 0 Å². The summed E-state index contributed by atoms with van der Waals surface area (Å²) in [5, 5.41) is 4.65. The van der Waals surface area contributed by atoms with Crippen molar-refractivity contribution >= 4 is 27.2 Å². The second kappa shape index (κ2) is 3.93. The Labute approximate surface area is 94.1 Å². The van der Waals surface area contributed by atoms with Crippen LogP contribution < -0.4 is 5.32 Å². The molecule has 0 radical (unpaired) electrons. The summed E-state index contributed by atoms with van der Waals surface area (Å²) in [5.41, 5.74) is 0.0277. The van der Waals surface area contributed by atoms with Crippen LogP contribution in [0.2, 0.25) is 0 Å². The molecule has 0 bridgehead atoms. The van der Waals surface area contributed by atoms with Gasteiger partial charge in [0.15, 0.2) is 0 Å². The lowest BCUT2D eigenvalue weighted by molar-refractivity contribution is -0.140. The minimum atomic E-state index is -4.40. The minimum absolute atomic E-state index is 0.385. The van der Waals surface area contributed by atoms with Gasteiger partial charge in [0, 0.05) is 6.54 Å². The van der Waals surface area contributed by atoms with Crippen molar-refractivity contribution in [2.45, 2.75) is 13.1 Å². The maximum atomic E-state index is 12.6. The van der Waals surface area contributed by atoms with Crippen LogP contribution in [-0.4, -0.2) is 11.5 Å². The first-order valence-electron chi connectivity index (χ1n) is 4.71. The monoisotopic (exact) mass is 246 g/mol. The van der Waals surface area contributed by atoms with Crippen molar-refractivity contribution in [2.24, 2.45) is 0 Å². The third kappa shape index (κ3) is 1.97. The van der Waals surface area contributed by atoms with Gasteiger partial charge in [-0.25, -0.2) is 4.98 Å². The highest BCUT2D eigenvalue weighted by Crippen LogP contribution is 2.34. The van der Waals surface area contributed by atoms with Crippen molar-refractivity contribution in [3.05, 3.63) is 23.2 Å². The van der Waals surface area contributed by atoms with Crippen LogP contribution in [-0.2, 0) is 6.18 Å². The Kier molecular flexibility index (Phi) is 2.75. The van der Waals surface area contributed by atoms with Crippen molar-refractivity contribution in [2.75, 3.05) is 11.9 Å². The quantitative estimate of drug-likeness (QED) is 0.873. The molecule has 0 fully saturated rings. The number of anilines is 1.